The van der Waals surface area contributed by atoms with E-state index in [4.69, 9.17) is 9.84 Å². The first-order valence-electron chi connectivity index (χ1n) is 8.31. The van der Waals surface area contributed by atoms with E-state index in [-0.39, 0.29) is 35.8 Å². The van der Waals surface area contributed by atoms with E-state index in [0.717, 1.165) is 18.2 Å². The summed E-state index contributed by atoms with van der Waals surface area (Å²) >= 11 is 0. The molecule has 0 aliphatic carbocycles. The Bertz CT molecular complexity index is 963. The molecule has 1 aliphatic heterocycles. The van der Waals surface area contributed by atoms with Gasteiger partial charge < -0.3 is 15.2 Å². The van der Waals surface area contributed by atoms with E-state index >= 15 is 0 Å². The van der Waals surface area contributed by atoms with Gasteiger partial charge in [-0.15, -0.1) is 0 Å². The first kappa shape index (κ1) is 19.3. The summed E-state index contributed by atoms with van der Waals surface area (Å²) < 4.78 is 33.6. The minimum atomic E-state index is -1.42. The number of benzene rings is 2. The van der Waals surface area contributed by atoms with Crippen molar-refractivity contribution in [2.24, 2.45) is 0 Å². The highest BCUT2D eigenvalue weighted by Gasteiger charge is 2.32. The van der Waals surface area contributed by atoms with E-state index < -0.39 is 35.4 Å². The van der Waals surface area contributed by atoms with E-state index in [1.165, 1.54) is 30.0 Å². The van der Waals surface area contributed by atoms with Crippen molar-refractivity contribution >= 4 is 23.7 Å². The summed E-state index contributed by atoms with van der Waals surface area (Å²) in [6, 6.07) is 7.26. The van der Waals surface area contributed by atoms with Gasteiger partial charge in [0.15, 0.2) is 0 Å². The van der Waals surface area contributed by atoms with Crippen LogP contribution in [0.2, 0.25) is 0 Å². The van der Waals surface area contributed by atoms with Gasteiger partial charge in [-0.25, -0.2) is 18.4 Å². The normalized spacial score (nSPS) is 16.0. The van der Waals surface area contributed by atoms with Gasteiger partial charge in [-0.05, 0) is 35.9 Å². The highest BCUT2D eigenvalue weighted by molar-refractivity contribution is 5.91. The van der Waals surface area contributed by atoms with Crippen molar-refractivity contribution in [2.45, 2.75) is 13.0 Å². The number of aromatic carboxylic acids is 1. The van der Waals surface area contributed by atoms with Crippen molar-refractivity contribution in [3.05, 3.63) is 53.6 Å². The average Bonchev–Trinajstić information content (AvgIpc) is 3.00. The number of carboxylic acids is 1. The maximum atomic E-state index is 14.6. The number of carboxylic acid groups (broad SMARTS) is 1. The molecular weight excluding hydrogens is 374 g/mol. The summed E-state index contributed by atoms with van der Waals surface area (Å²) in [5.41, 5.74) is -0.0361. The van der Waals surface area contributed by atoms with Crippen molar-refractivity contribution in [1.29, 1.82) is 0 Å². The number of cyclic esters (lactones) is 1. The van der Waals surface area contributed by atoms with Crippen molar-refractivity contribution in [3.63, 3.8) is 0 Å². The minimum absolute atomic E-state index is 0.0574. The first-order chi connectivity index (χ1) is 13.3. The molecule has 0 saturated carbocycles. The second-order valence-electron chi connectivity index (χ2n) is 6.22. The number of rotatable bonds is 5. The Morgan fingerprint density at radius 3 is 2.57 bits per heavy atom. The fraction of sp³-hybridized carbons (Fsp3) is 0.211. The quantitative estimate of drug-likeness (QED) is 0.819. The second kappa shape index (κ2) is 7.63. The molecule has 146 valence electrons. The zero-order valence-electron chi connectivity index (χ0n) is 14.7. The van der Waals surface area contributed by atoms with Gasteiger partial charge in [0.1, 0.15) is 17.7 Å². The Morgan fingerprint density at radius 2 is 1.96 bits per heavy atom. The average molecular weight is 390 g/mol. The molecule has 3 rings (SSSR count). The van der Waals surface area contributed by atoms with E-state index in [1.54, 1.807) is 0 Å². The lowest BCUT2D eigenvalue weighted by molar-refractivity contribution is -0.119. The SMILES string of the molecule is CC(=O)NC[C@H]1CN(c2ccc(-c3ccc(C(=O)O)c(F)c3)c(F)c2)C(=O)O1. The van der Waals surface area contributed by atoms with E-state index in [1.807, 2.05) is 0 Å². The molecule has 0 aromatic heterocycles. The molecule has 0 radical (unpaired) electrons. The summed E-state index contributed by atoms with van der Waals surface area (Å²) in [4.78, 5) is 35.1. The van der Waals surface area contributed by atoms with Crippen LogP contribution in [0.4, 0.5) is 19.3 Å². The van der Waals surface area contributed by atoms with Gasteiger partial charge >= 0.3 is 12.1 Å². The predicted octanol–water partition coefficient (Wildman–Crippen LogP) is 2.79. The topological polar surface area (TPSA) is 95.9 Å². The van der Waals surface area contributed by atoms with Gasteiger partial charge in [0.25, 0.3) is 0 Å². The number of ether oxygens (including phenoxy) is 1. The summed E-state index contributed by atoms with van der Waals surface area (Å²) in [6.07, 6.45) is -1.23. The number of nitrogens with zero attached hydrogens (tertiary/aromatic N) is 1. The monoisotopic (exact) mass is 390 g/mol. The molecule has 1 fully saturated rings. The van der Waals surface area contributed by atoms with Crippen molar-refractivity contribution in [2.75, 3.05) is 18.0 Å². The van der Waals surface area contributed by atoms with Gasteiger partial charge in [-0.2, -0.15) is 0 Å². The van der Waals surface area contributed by atoms with Crippen LogP contribution in [0.25, 0.3) is 11.1 Å². The van der Waals surface area contributed by atoms with Gasteiger partial charge in [0.2, 0.25) is 5.91 Å². The highest BCUT2D eigenvalue weighted by atomic mass is 19.1. The summed E-state index contributed by atoms with van der Waals surface area (Å²) in [7, 11) is 0. The lowest BCUT2D eigenvalue weighted by Crippen LogP contribution is -2.33. The number of hydrogen-bond donors (Lipinski definition) is 2. The molecule has 28 heavy (non-hydrogen) atoms. The third-order valence-corrected chi connectivity index (χ3v) is 4.23. The molecule has 1 aliphatic rings. The summed E-state index contributed by atoms with van der Waals surface area (Å²) in [5.74, 6) is -3.36. The van der Waals surface area contributed by atoms with Crippen LogP contribution in [0, 0.1) is 11.6 Å². The molecule has 1 atom stereocenters. The van der Waals surface area contributed by atoms with E-state index in [0.29, 0.717) is 0 Å². The predicted molar refractivity (Wildman–Crippen MR) is 95.1 cm³/mol. The number of nitrogens with one attached hydrogen (secondary N) is 1. The number of hydrogen-bond acceptors (Lipinski definition) is 4. The van der Waals surface area contributed by atoms with Crippen molar-refractivity contribution in [3.8, 4) is 11.1 Å². The fourth-order valence-corrected chi connectivity index (χ4v) is 2.86. The Labute approximate surface area is 158 Å². The van der Waals surface area contributed by atoms with E-state index in [9.17, 15) is 23.2 Å². The molecule has 7 nitrogen and oxygen atoms in total. The Kier molecular flexibility index (Phi) is 5.25. The van der Waals surface area contributed by atoms with E-state index in [2.05, 4.69) is 5.32 Å². The summed E-state index contributed by atoms with van der Waals surface area (Å²) in [6.45, 7) is 1.63. The van der Waals surface area contributed by atoms with Crippen LogP contribution < -0.4 is 10.2 Å². The zero-order valence-corrected chi connectivity index (χ0v) is 14.7. The third kappa shape index (κ3) is 3.93. The number of halogens is 2. The third-order valence-electron chi connectivity index (χ3n) is 4.23. The van der Waals surface area contributed by atoms with Gasteiger partial charge in [-0.1, -0.05) is 6.07 Å². The number of carbonyl (C=O) groups is 3. The Balaban J connectivity index is 1.81. The van der Waals surface area contributed by atoms with Crippen LogP contribution in [0.15, 0.2) is 36.4 Å². The molecular formula is C19H16F2N2O5. The van der Waals surface area contributed by atoms with Crippen LogP contribution in [0.5, 0.6) is 0 Å². The molecule has 0 spiro atoms. The van der Waals surface area contributed by atoms with Gasteiger partial charge in [0, 0.05) is 12.5 Å². The van der Waals surface area contributed by atoms with Crippen LogP contribution in [0.3, 0.4) is 0 Å². The molecule has 1 saturated heterocycles. The lowest BCUT2D eigenvalue weighted by atomic mass is 10.0. The van der Waals surface area contributed by atoms with Gasteiger partial charge in [0.05, 0.1) is 24.3 Å². The standard InChI is InChI=1S/C19H16F2N2O5/c1-10(24)22-8-13-9-23(19(27)28-13)12-3-5-14(17(21)7-12)11-2-4-15(18(25)26)16(20)6-11/h2-7,13H,8-9H2,1H3,(H,22,24)(H,25,26)/t13-/m0/s1. The largest absolute Gasteiger partial charge is 0.478 e. The smallest absolute Gasteiger partial charge is 0.414 e. The van der Waals surface area contributed by atoms with Gasteiger partial charge in [-0.3, -0.25) is 9.69 Å². The molecule has 0 unspecified atom stereocenters. The second-order valence-corrected chi connectivity index (χ2v) is 6.22. The van der Waals surface area contributed by atoms with Crippen LogP contribution in [0.1, 0.15) is 17.3 Å². The molecule has 2 N–H and O–H groups in total. The highest BCUT2D eigenvalue weighted by Crippen LogP contribution is 2.30. The molecule has 2 aromatic carbocycles. The molecule has 9 heteroatoms. The molecule has 2 aromatic rings. The molecule has 2 amide bonds. The maximum absolute atomic E-state index is 14.6. The molecule has 1 heterocycles. The zero-order chi connectivity index (χ0) is 20.4. The summed E-state index contributed by atoms with van der Waals surface area (Å²) in [5, 5.41) is 11.4. The lowest BCUT2D eigenvalue weighted by Gasteiger charge is -2.14. The fourth-order valence-electron chi connectivity index (χ4n) is 2.86. The first-order valence-corrected chi connectivity index (χ1v) is 8.31. The number of amides is 2. The minimum Gasteiger partial charge on any atom is -0.478 e. The number of anilines is 1. The van der Waals surface area contributed by atoms with Crippen molar-refractivity contribution in [1.82, 2.24) is 5.32 Å². The maximum Gasteiger partial charge on any atom is 0.414 e. The van der Waals surface area contributed by atoms with Crippen molar-refractivity contribution < 1.29 is 33.0 Å². The van der Waals surface area contributed by atoms with Crippen LogP contribution in [-0.2, 0) is 9.53 Å². The number of carbonyl (C=O) groups excluding carboxylic acids is 2. The van der Waals surface area contributed by atoms with Crippen LogP contribution >= 0.6 is 0 Å². The Hall–Kier alpha value is -3.49. The Morgan fingerprint density at radius 1 is 1.21 bits per heavy atom. The van der Waals surface area contributed by atoms with Crippen LogP contribution in [-0.4, -0.2) is 42.3 Å². The molecule has 0 bridgehead atoms.